The molecule has 4 nitrogen and oxygen atoms in total. The van der Waals surface area contributed by atoms with E-state index in [-0.39, 0.29) is 12.4 Å². The van der Waals surface area contributed by atoms with E-state index in [4.69, 9.17) is 0 Å². The Labute approximate surface area is 81.6 Å². The van der Waals surface area contributed by atoms with Gasteiger partial charge in [-0.25, -0.2) is 8.57 Å². The zero-order chi connectivity index (χ0) is 10.6. The first-order chi connectivity index (χ1) is 6.55. The quantitative estimate of drug-likeness (QED) is 0.771. The van der Waals surface area contributed by atoms with Crippen molar-refractivity contribution in [3.8, 4) is 5.75 Å². The third-order valence-electron chi connectivity index (χ3n) is 1.29. The van der Waals surface area contributed by atoms with Gasteiger partial charge in [-0.2, -0.15) is 8.42 Å². The molecule has 0 heterocycles. The summed E-state index contributed by atoms with van der Waals surface area (Å²) in [4.78, 5) is 0. The predicted molar refractivity (Wildman–Crippen MR) is 47.6 cm³/mol. The molecule has 14 heavy (non-hydrogen) atoms. The number of para-hydroxylation sites is 1. The van der Waals surface area contributed by atoms with Crippen molar-refractivity contribution in [2.24, 2.45) is 0 Å². The Kier molecular flexibility index (Phi) is 3.43. The van der Waals surface area contributed by atoms with E-state index in [0.717, 1.165) is 6.07 Å². The second-order valence-electron chi connectivity index (χ2n) is 2.33. The van der Waals surface area contributed by atoms with Crippen molar-refractivity contribution in [2.45, 2.75) is 6.92 Å². The predicted octanol–water partition coefficient (Wildman–Crippen LogP) is 1.49. The van der Waals surface area contributed by atoms with E-state index in [2.05, 4.69) is 8.37 Å². The molecule has 0 unspecified atom stereocenters. The standard InChI is InChI=1S/C8H9FO4S/c1-2-12-14(10,11)13-8-6-4-3-5-7(8)9/h3-6H,2H2,1H3. The molecule has 0 spiro atoms. The fraction of sp³-hybridized carbons (Fsp3) is 0.250. The number of hydrogen-bond acceptors (Lipinski definition) is 4. The van der Waals surface area contributed by atoms with Gasteiger partial charge < -0.3 is 4.18 Å². The van der Waals surface area contributed by atoms with Crippen LogP contribution in [0.1, 0.15) is 6.92 Å². The monoisotopic (exact) mass is 220 g/mol. The van der Waals surface area contributed by atoms with Gasteiger partial charge in [0, 0.05) is 0 Å². The van der Waals surface area contributed by atoms with Crippen LogP contribution in [-0.4, -0.2) is 15.0 Å². The van der Waals surface area contributed by atoms with Crippen LogP contribution < -0.4 is 4.18 Å². The molecule has 78 valence electrons. The van der Waals surface area contributed by atoms with Crippen molar-refractivity contribution in [3.63, 3.8) is 0 Å². The summed E-state index contributed by atoms with van der Waals surface area (Å²) in [5.41, 5.74) is 0. The van der Waals surface area contributed by atoms with Gasteiger partial charge in [-0.15, -0.1) is 0 Å². The van der Waals surface area contributed by atoms with Crippen LogP contribution in [-0.2, 0) is 14.6 Å². The van der Waals surface area contributed by atoms with Crippen LogP contribution in [0.25, 0.3) is 0 Å². The molecule has 0 bridgehead atoms. The van der Waals surface area contributed by atoms with Crippen molar-refractivity contribution < 1.29 is 21.2 Å². The summed E-state index contributed by atoms with van der Waals surface area (Å²) < 4.78 is 43.4. The molecular formula is C8H9FO4S. The fourth-order valence-electron chi connectivity index (χ4n) is 0.791. The Balaban J connectivity index is 2.84. The SMILES string of the molecule is CCOS(=O)(=O)Oc1ccccc1F. The molecule has 0 fully saturated rings. The largest absolute Gasteiger partial charge is 0.449 e. The molecule has 0 N–H and O–H groups in total. The van der Waals surface area contributed by atoms with Gasteiger partial charge in [-0.1, -0.05) is 12.1 Å². The molecule has 0 aliphatic heterocycles. The number of rotatable bonds is 4. The molecule has 6 heteroatoms. The van der Waals surface area contributed by atoms with Gasteiger partial charge in [0.15, 0.2) is 11.6 Å². The zero-order valence-corrected chi connectivity index (χ0v) is 8.25. The lowest BCUT2D eigenvalue weighted by Crippen LogP contribution is -2.13. The number of benzene rings is 1. The summed E-state index contributed by atoms with van der Waals surface area (Å²) in [5, 5.41) is 0. The van der Waals surface area contributed by atoms with Gasteiger partial charge in [0.05, 0.1) is 6.61 Å². The van der Waals surface area contributed by atoms with Crippen molar-refractivity contribution in [3.05, 3.63) is 30.1 Å². The highest BCUT2D eigenvalue weighted by molar-refractivity contribution is 7.82. The third-order valence-corrected chi connectivity index (χ3v) is 2.20. The maximum atomic E-state index is 12.9. The van der Waals surface area contributed by atoms with Crippen molar-refractivity contribution in [1.82, 2.24) is 0 Å². The number of halogens is 1. The van der Waals surface area contributed by atoms with E-state index >= 15 is 0 Å². The number of hydrogen-bond donors (Lipinski definition) is 0. The summed E-state index contributed by atoms with van der Waals surface area (Å²) in [7, 11) is -4.15. The van der Waals surface area contributed by atoms with Crippen LogP contribution in [0.4, 0.5) is 4.39 Å². The van der Waals surface area contributed by atoms with E-state index in [0.29, 0.717) is 0 Å². The second-order valence-corrected chi connectivity index (χ2v) is 3.55. The fourth-order valence-corrected chi connectivity index (χ4v) is 1.48. The Bertz CT molecular complexity index is 402. The molecule has 0 aliphatic carbocycles. The molecule has 0 saturated carbocycles. The van der Waals surface area contributed by atoms with E-state index in [9.17, 15) is 12.8 Å². The maximum absolute atomic E-state index is 12.9. The molecule has 1 aromatic rings. The van der Waals surface area contributed by atoms with Gasteiger partial charge in [0.2, 0.25) is 0 Å². The van der Waals surface area contributed by atoms with Crippen LogP contribution in [0.2, 0.25) is 0 Å². The van der Waals surface area contributed by atoms with E-state index in [1.165, 1.54) is 25.1 Å². The molecule has 0 atom stereocenters. The molecule has 0 amide bonds. The lowest BCUT2D eigenvalue weighted by molar-refractivity contribution is 0.284. The van der Waals surface area contributed by atoms with Gasteiger partial charge in [0.1, 0.15) is 0 Å². The van der Waals surface area contributed by atoms with E-state index < -0.39 is 16.2 Å². The smallest absolute Gasteiger partial charge is 0.359 e. The Hall–Kier alpha value is -1.14. The van der Waals surface area contributed by atoms with E-state index in [1.54, 1.807) is 0 Å². The highest BCUT2D eigenvalue weighted by Crippen LogP contribution is 2.17. The molecule has 0 aliphatic rings. The zero-order valence-electron chi connectivity index (χ0n) is 7.44. The normalized spacial score (nSPS) is 11.3. The van der Waals surface area contributed by atoms with Gasteiger partial charge in [-0.3, -0.25) is 0 Å². The average Bonchev–Trinajstić information content (AvgIpc) is 2.08. The molecular weight excluding hydrogens is 211 g/mol. The molecule has 0 radical (unpaired) electrons. The van der Waals surface area contributed by atoms with Crippen LogP contribution in [0.15, 0.2) is 24.3 Å². The first-order valence-electron chi connectivity index (χ1n) is 3.88. The Morgan fingerprint density at radius 3 is 2.57 bits per heavy atom. The van der Waals surface area contributed by atoms with Crippen LogP contribution in [0.3, 0.4) is 0 Å². The lowest BCUT2D eigenvalue weighted by atomic mass is 10.3. The van der Waals surface area contributed by atoms with E-state index in [1.807, 2.05) is 0 Å². The Morgan fingerprint density at radius 2 is 2.00 bits per heavy atom. The lowest BCUT2D eigenvalue weighted by Gasteiger charge is -2.05. The third kappa shape index (κ3) is 2.97. The summed E-state index contributed by atoms with van der Waals surface area (Å²) in [5.74, 6) is -1.13. The van der Waals surface area contributed by atoms with Crippen LogP contribution in [0, 0.1) is 5.82 Å². The van der Waals surface area contributed by atoms with Gasteiger partial charge >= 0.3 is 10.4 Å². The van der Waals surface area contributed by atoms with Crippen LogP contribution in [0.5, 0.6) is 5.75 Å². The maximum Gasteiger partial charge on any atom is 0.449 e. The highest BCUT2D eigenvalue weighted by atomic mass is 32.3. The topological polar surface area (TPSA) is 52.6 Å². The van der Waals surface area contributed by atoms with Crippen LogP contribution >= 0.6 is 0 Å². The summed E-state index contributed by atoms with van der Waals surface area (Å²) >= 11 is 0. The molecule has 0 saturated heterocycles. The van der Waals surface area contributed by atoms with Gasteiger partial charge in [-0.05, 0) is 19.1 Å². The van der Waals surface area contributed by atoms with Crippen molar-refractivity contribution >= 4 is 10.4 Å². The minimum Gasteiger partial charge on any atom is -0.359 e. The first-order valence-corrected chi connectivity index (χ1v) is 5.22. The second kappa shape index (κ2) is 4.39. The van der Waals surface area contributed by atoms with Crippen molar-refractivity contribution in [2.75, 3.05) is 6.61 Å². The highest BCUT2D eigenvalue weighted by Gasteiger charge is 2.14. The minimum atomic E-state index is -4.15. The first kappa shape index (κ1) is 10.9. The van der Waals surface area contributed by atoms with Gasteiger partial charge in [0.25, 0.3) is 0 Å². The summed E-state index contributed by atoms with van der Waals surface area (Å²) in [6.45, 7) is 1.43. The Morgan fingerprint density at radius 1 is 1.36 bits per heavy atom. The minimum absolute atomic E-state index is 0.0587. The molecule has 1 rings (SSSR count). The average molecular weight is 220 g/mol. The molecule has 1 aromatic carbocycles. The summed E-state index contributed by atoms with van der Waals surface area (Å²) in [6.07, 6.45) is 0. The summed E-state index contributed by atoms with van der Waals surface area (Å²) in [6, 6.07) is 5.18. The molecule has 0 aromatic heterocycles. The van der Waals surface area contributed by atoms with Crippen molar-refractivity contribution in [1.29, 1.82) is 0 Å².